The molecule has 0 spiro atoms. The largest absolute Gasteiger partial charge is 0.422 e. The van der Waals surface area contributed by atoms with Gasteiger partial charge in [-0.25, -0.2) is 9.78 Å². The Morgan fingerprint density at radius 3 is 2.92 bits per heavy atom. The zero-order valence-electron chi connectivity index (χ0n) is 14.9. The summed E-state index contributed by atoms with van der Waals surface area (Å²) in [6, 6.07) is 7.60. The summed E-state index contributed by atoms with van der Waals surface area (Å²) in [6.45, 7) is 6.75. The van der Waals surface area contributed by atoms with Crippen molar-refractivity contribution in [1.82, 2.24) is 9.38 Å². The van der Waals surface area contributed by atoms with Gasteiger partial charge in [0.25, 0.3) is 0 Å². The summed E-state index contributed by atoms with van der Waals surface area (Å²) in [5.74, 6) is 0.560. The molecule has 0 amide bonds. The number of allylic oxidation sites excluding steroid dienone is 3. The maximum atomic E-state index is 12.3. The molecular weight excluding hydrogens is 312 g/mol. The van der Waals surface area contributed by atoms with Crippen LogP contribution in [0.4, 0.5) is 0 Å². The lowest BCUT2D eigenvalue weighted by Crippen LogP contribution is -2.18. The van der Waals surface area contributed by atoms with Crippen molar-refractivity contribution < 1.29 is 4.42 Å². The summed E-state index contributed by atoms with van der Waals surface area (Å²) in [5, 5.41) is 0. The summed E-state index contributed by atoms with van der Waals surface area (Å²) >= 11 is 0. The standard InChI is InChI=1S/C21H22N2O2/c1-14-7-6-11-21(2,3)16(14)10-9-15-13-17-19(20(24)25-15)22-18-8-4-5-12-23(17)18/h4-5,8-10,12-13H,6-7,11H2,1-3H3/b10-9+. The van der Waals surface area contributed by atoms with Crippen molar-refractivity contribution in [2.75, 3.05) is 0 Å². The van der Waals surface area contributed by atoms with E-state index in [2.05, 4.69) is 31.8 Å². The normalized spacial score (nSPS) is 17.9. The number of aromatic nitrogens is 2. The van der Waals surface area contributed by atoms with Crippen molar-refractivity contribution in [1.29, 1.82) is 0 Å². The Morgan fingerprint density at radius 1 is 1.28 bits per heavy atom. The van der Waals surface area contributed by atoms with Gasteiger partial charge in [-0.15, -0.1) is 0 Å². The molecule has 3 aromatic heterocycles. The minimum atomic E-state index is -0.394. The maximum absolute atomic E-state index is 12.3. The van der Waals surface area contributed by atoms with Gasteiger partial charge in [0, 0.05) is 12.3 Å². The van der Waals surface area contributed by atoms with Gasteiger partial charge in [0.05, 0.1) is 5.52 Å². The van der Waals surface area contributed by atoms with Gasteiger partial charge in [-0.05, 0) is 55.4 Å². The first kappa shape index (κ1) is 15.9. The second-order valence-electron chi connectivity index (χ2n) is 7.48. The quantitative estimate of drug-likeness (QED) is 0.664. The molecular formula is C21H22N2O2. The number of rotatable bonds is 2. The van der Waals surface area contributed by atoms with Gasteiger partial charge >= 0.3 is 5.63 Å². The molecule has 0 fully saturated rings. The van der Waals surface area contributed by atoms with Crippen LogP contribution in [0.15, 0.2) is 56.9 Å². The minimum Gasteiger partial charge on any atom is -0.422 e. The van der Waals surface area contributed by atoms with E-state index in [1.807, 2.05) is 40.9 Å². The van der Waals surface area contributed by atoms with E-state index in [0.29, 0.717) is 11.3 Å². The van der Waals surface area contributed by atoms with Crippen molar-refractivity contribution in [2.45, 2.75) is 40.0 Å². The van der Waals surface area contributed by atoms with Crippen molar-refractivity contribution in [3.63, 3.8) is 0 Å². The van der Waals surface area contributed by atoms with Gasteiger partial charge in [-0.3, -0.25) is 4.40 Å². The number of nitrogens with zero attached hydrogens (tertiary/aromatic N) is 2. The van der Waals surface area contributed by atoms with E-state index in [9.17, 15) is 4.79 Å². The van der Waals surface area contributed by atoms with E-state index in [0.717, 1.165) is 17.6 Å². The third-order valence-corrected chi connectivity index (χ3v) is 5.21. The summed E-state index contributed by atoms with van der Waals surface area (Å²) < 4.78 is 7.39. The van der Waals surface area contributed by atoms with Gasteiger partial charge < -0.3 is 4.42 Å². The Balaban J connectivity index is 1.82. The first-order valence-electron chi connectivity index (χ1n) is 8.75. The molecule has 3 aromatic rings. The Labute approximate surface area is 146 Å². The predicted molar refractivity (Wildman–Crippen MR) is 101 cm³/mol. The average molecular weight is 334 g/mol. The second kappa shape index (κ2) is 5.73. The van der Waals surface area contributed by atoms with E-state index in [1.165, 1.54) is 24.0 Å². The van der Waals surface area contributed by atoms with Crippen LogP contribution in [0.5, 0.6) is 0 Å². The molecule has 0 aromatic carbocycles. The second-order valence-corrected chi connectivity index (χ2v) is 7.48. The number of imidazole rings is 1. The fourth-order valence-corrected chi connectivity index (χ4v) is 3.88. The fraction of sp³-hybridized carbons (Fsp3) is 0.333. The lowest BCUT2D eigenvalue weighted by Gasteiger charge is -2.32. The molecule has 0 atom stereocenters. The minimum absolute atomic E-state index is 0.159. The van der Waals surface area contributed by atoms with Crippen LogP contribution < -0.4 is 5.63 Å². The maximum Gasteiger partial charge on any atom is 0.364 e. The lowest BCUT2D eigenvalue weighted by molar-refractivity contribution is 0.377. The molecule has 0 saturated carbocycles. The predicted octanol–water partition coefficient (Wildman–Crippen LogP) is 4.98. The van der Waals surface area contributed by atoms with E-state index < -0.39 is 5.63 Å². The molecule has 4 heteroatoms. The van der Waals surface area contributed by atoms with Crippen LogP contribution in [0, 0.1) is 5.41 Å². The van der Waals surface area contributed by atoms with Crippen molar-refractivity contribution in [3.05, 3.63) is 63.9 Å². The lowest BCUT2D eigenvalue weighted by atomic mass is 9.72. The van der Waals surface area contributed by atoms with Gasteiger partial charge in [0.2, 0.25) is 0 Å². The summed E-state index contributed by atoms with van der Waals surface area (Å²) in [4.78, 5) is 16.7. The zero-order valence-corrected chi connectivity index (χ0v) is 14.9. The van der Waals surface area contributed by atoms with Crippen LogP contribution in [0.25, 0.3) is 22.8 Å². The van der Waals surface area contributed by atoms with Gasteiger partial charge in [-0.2, -0.15) is 0 Å². The van der Waals surface area contributed by atoms with Crippen LogP contribution >= 0.6 is 0 Å². The molecule has 3 heterocycles. The van der Waals surface area contributed by atoms with Crippen molar-refractivity contribution in [3.8, 4) is 0 Å². The zero-order chi connectivity index (χ0) is 17.6. The van der Waals surface area contributed by atoms with E-state index in [1.54, 1.807) is 0 Å². The SMILES string of the molecule is CC1=C(/C=C/c2cc3c(nc4ccccn43)c(=O)o2)C(C)(C)CCC1. The number of hydrogen-bond donors (Lipinski definition) is 0. The fourth-order valence-electron chi connectivity index (χ4n) is 3.88. The Hall–Kier alpha value is -2.62. The van der Waals surface area contributed by atoms with Crippen LogP contribution in [0.1, 0.15) is 45.8 Å². The molecule has 4 rings (SSSR count). The van der Waals surface area contributed by atoms with Crippen molar-refractivity contribution >= 4 is 22.8 Å². The molecule has 4 nitrogen and oxygen atoms in total. The molecule has 0 aliphatic heterocycles. The summed E-state index contributed by atoms with van der Waals surface area (Å²) in [5.41, 5.74) is 4.43. The van der Waals surface area contributed by atoms with Crippen LogP contribution in [0.3, 0.4) is 0 Å². The number of hydrogen-bond acceptors (Lipinski definition) is 3. The molecule has 0 unspecified atom stereocenters. The van der Waals surface area contributed by atoms with Gasteiger partial charge in [-0.1, -0.05) is 31.6 Å². The summed E-state index contributed by atoms with van der Waals surface area (Å²) in [7, 11) is 0. The molecule has 128 valence electrons. The first-order chi connectivity index (χ1) is 12.0. The monoisotopic (exact) mass is 334 g/mol. The highest BCUT2D eigenvalue weighted by Gasteiger charge is 2.26. The average Bonchev–Trinajstić information content (AvgIpc) is 2.93. The van der Waals surface area contributed by atoms with E-state index in [-0.39, 0.29) is 5.41 Å². The van der Waals surface area contributed by atoms with E-state index >= 15 is 0 Å². The molecule has 25 heavy (non-hydrogen) atoms. The highest BCUT2D eigenvalue weighted by Crippen LogP contribution is 2.40. The van der Waals surface area contributed by atoms with E-state index in [4.69, 9.17) is 4.42 Å². The highest BCUT2D eigenvalue weighted by atomic mass is 16.4. The Morgan fingerprint density at radius 2 is 2.12 bits per heavy atom. The molecule has 1 aliphatic carbocycles. The van der Waals surface area contributed by atoms with Gasteiger partial charge in [0.15, 0.2) is 5.52 Å². The van der Waals surface area contributed by atoms with Crippen LogP contribution in [-0.2, 0) is 0 Å². The molecule has 0 saturated heterocycles. The van der Waals surface area contributed by atoms with Crippen LogP contribution in [0.2, 0.25) is 0 Å². The topological polar surface area (TPSA) is 47.5 Å². The Kier molecular flexibility index (Phi) is 3.64. The number of fused-ring (bicyclic) bond motifs is 3. The third-order valence-electron chi connectivity index (χ3n) is 5.21. The van der Waals surface area contributed by atoms with Crippen molar-refractivity contribution in [2.24, 2.45) is 5.41 Å². The first-order valence-corrected chi connectivity index (χ1v) is 8.75. The molecule has 1 aliphatic rings. The molecule has 0 radical (unpaired) electrons. The molecule has 0 N–H and O–H groups in total. The van der Waals surface area contributed by atoms with Gasteiger partial charge in [0.1, 0.15) is 11.4 Å². The smallest absolute Gasteiger partial charge is 0.364 e. The molecule has 0 bridgehead atoms. The van der Waals surface area contributed by atoms with Crippen LogP contribution in [-0.4, -0.2) is 9.38 Å². The number of pyridine rings is 1. The Bertz CT molecular complexity index is 1080. The summed E-state index contributed by atoms with van der Waals surface area (Å²) in [6.07, 6.45) is 9.49. The third kappa shape index (κ3) is 2.72. The highest BCUT2D eigenvalue weighted by molar-refractivity contribution is 5.80.